The molecule has 2 heterocycles. The maximum absolute atomic E-state index is 14.9. The fourth-order valence-electron chi connectivity index (χ4n) is 5.31. The molecule has 1 aliphatic rings. The Morgan fingerprint density at radius 2 is 1.63 bits per heavy atom. The molecule has 0 radical (unpaired) electrons. The summed E-state index contributed by atoms with van der Waals surface area (Å²) in [6.07, 6.45) is -4.68. The number of nitrogens with two attached hydrogens (primary N) is 1. The molecule has 1 unspecified atom stereocenters. The van der Waals surface area contributed by atoms with Gasteiger partial charge in [-0.05, 0) is 41.8 Å². The van der Waals surface area contributed by atoms with Crippen LogP contribution in [-0.2, 0) is 29.6 Å². The fraction of sp³-hybridized carbons (Fsp3) is 0.276. The van der Waals surface area contributed by atoms with Crippen LogP contribution < -0.4 is 11.1 Å². The lowest BCUT2D eigenvalue weighted by Gasteiger charge is -2.29. The number of amides is 2. The third-order valence-electron chi connectivity index (χ3n) is 7.26. The van der Waals surface area contributed by atoms with Crippen molar-refractivity contribution in [2.45, 2.75) is 50.1 Å². The Labute approximate surface area is 253 Å². The van der Waals surface area contributed by atoms with Crippen molar-refractivity contribution in [2.24, 2.45) is 5.73 Å². The molecule has 2 aromatic heterocycles. The molecule has 1 aliphatic carbocycles. The van der Waals surface area contributed by atoms with Crippen molar-refractivity contribution < 1.29 is 49.1 Å². The van der Waals surface area contributed by atoms with Crippen LogP contribution >= 0.6 is 0 Å². The van der Waals surface area contributed by atoms with Gasteiger partial charge in [-0.25, -0.2) is 40.7 Å². The number of halogens is 9. The molecule has 46 heavy (non-hydrogen) atoms. The van der Waals surface area contributed by atoms with Crippen LogP contribution in [0, 0.1) is 17.5 Å². The molecule has 0 bridgehead atoms. The summed E-state index contributed by atoms with van der Waals surface area (Å²) in [6, 6.07) is 4.24. The number of benzene rings is 2. The highest BCUT2D eigenvalue weighted by Gasteiger charge is 2.55. The number of rotatable bonds is 9. The van der Waals surface area contributed by atoms with Crippen molar-refractivity contribution in [3.05, 3.63) is 100 Å². The molecular weight excluding hydrogens is 635 g/mol. The number of nitrogens with one attached hydrogen (secondary N) is 1. The van der Waals surface area contributed by atoms with E-state index in [1.165, 1.54) is 12.3 Å². The van der Waals surface area contributed by atoms with Gasteiger partial charge in [-0.2, -0.15) is 13.9 Å². The highest BCUT2D eigenvalue weighted by molar-refractivity contribution is 5.94. The minimum atomic E-state index is -4.07. The maximum Gasteiger partial charge on any atom is 0.290 e. The molecular formula is C29H21F9N6O2. The van der Waals surface area contributed by atoms with E-state index in [2.05, 4.69) is 20.4 Å². The third kappa shape index (κ3) is 6.39. The Hall–Kier alpha value is -4.96. The molecule has 5 rings (SSSR count). The van der Waals surface area contributed by atoms with Gasteiger partial charge in [0.05, 0.1) is 22.9 Å². The second-order valence-electron chi connectivity index (χ2n) is 10.5. The summed E-state index contributed by atoms with van der Waals surface area (Å²) in [5, 5.41) is 5.65. The van der Waals surface area contributed by atoms with Gasteiger partial charge in [0.15, 0.2) is 0 Å². The largest absolute Gasteiger partial charge is 0.366 e. The van der Waals surface area contributed by atoms with Gasteiger partial charge in [-0.1, -0.05) is 6.07 Å². The lowest BCUT2D eigenvalue weighted by Crippen LogP contribution is -2.37. The van der Waals surface area contributed by atoms with Crippen molar-refractivity contribution in [1.29, 1.82) is 0 Å². The summed E-state index contributed by atoms with van der Waals surface area (Å²) in [4.78, 5) is 33.1. The van der Waals surface area contributed by atoms with Crippen LogP contribution in [0.4, 0.5) is 39.5 Å². The normalized spacial score (nSPS) is 15.8. The predicted molar refractivity (Wildman–Crippen MR) is 141 cm³/mol. The zero-order chi connectivity index (χ0) is 33.6. The highest BCUT2D eigenvalue weighted by atomic mass is 19.3. The number of carbonyl (C=O) groups is 2. The Bertz CT molecular complexity index is 1810. The Balaban J connectivity index is 1.57. The SMILES string of the molecule is NC(=O)c1cc(-c2cncnc2C(Cc2cc(F)cc(F)c2)NC(=O)Cn2nc(C(F)F)c3c2C(F)(F)CCC3(F)F)ccc1F. The average molecular weight is 657 g/mol. The molecule has 3 N–H and O–H groups in total. The highest BCUT2D eigenvalue weighted by Crippen LogP contribution is 2.52. The Morgan fingerprint density at radius 1 is 0.957 bits per heavy atom. The van der Waals surface area contributed by atoms with Crippen molar-refractivity contribution in [1.82, 2.24) is 25.1 Å². The molecule has 17 heteroatoms. The zero-order valence-electron chi connectivity index (χ0n) is 23.2. The first-order valence-corrected chi connectivity index (χ1v) is 13.4. The first kappa shape index (κ1) is 32.4. The summed E-state index contributed by atoms with van der Waals surface area (Å²) in [5.74, 6) is -13.4. The molecule has 4 aromatic rings. The van der Waals surface area contributed by atoms with Crippen molar-refractivity contribution >= 4 is 11.8 Å². The van der Waals surface area contributed by atoms with E-state index in [-0.39, 0.29) is 27.1 Å². The lowest BCUT2D eigenvalue weighted by molar-refractivity contribution is -0.123. The van der Waals surface area contributed by atoms with Gasteiger partial charge >= 0.3 is 0 Å². The molecule has 0 spiro atoms. The number of primary amides is 1. The number of aromatic nitrogens is 4. The summed E-state index contributed by atoms with van der Waals surface area (Å²) >= 11 is 0. The number of alkyl halides is 6. The van der Waals surface area contributed by atoms with Crippen LogP contribution in [0.2, 0.25) is 0 Å². The van der Waals surface area contributed by atoms with Crippen LogP contribution in [0.1, 0.15) is 63.9 Å². The average Bonchev–Trinajstić information content (AvgIpc) is 3.37. The van der Waals surface area contributed by atoms with Crippen LogP contribution in [0.15, 0.2) is 48.9 Å². The molecule has 0 aliphatic heterocycles. The zero-order valence-corrected chi connectivity index (χ0v) is 23.2. The van der Waals surface area contributed by atoms with E-state index < -0.39 is 102 Å². The second-order valence-corrected chi connectivity index (χ2v) is 10.5. The minimum Gasteiger partial charge on any atom is -0.366 e. The quantitative estimate of drug-likeness (QED) is 0.219. The van der Waals surface area contributed by atoms with Crippen molar-refractivity contribution in [2.75, 3.05) is 0 Å². The maximum atomic E-state index is 14.9. The summed E-state index contributed by atoms with van der Waals surface area (Å²) in [6.45, 7) is -1.24. The first-order chi connectivity index (χ1) is 21.6. The van der Waals surface area contributed by atoms with Gasteiger partial charge in [0.2, 0.25) is 5.91 Å². The molecule has 0 saturated heterocycles. The van der Waals surface area contributed by atoms with E-state index >= 15 is 0 Å². The monoisotopic (exact) mass is 656 g/mol. The summed E-state index contributed by atoms with van der Waals surface area (Å²) in [5.41, 5.74) is -0.00702. The van der Waals surface area contributed by atoms with Gasteiger partial charge in [0.1, 0.15) is 41.7 Å². The molecule has 1 atom stereocenters. The van der Waals surface area contributed by atoms with Gasteiger partial charge < -0.3 is 11.1 Å². The molecule has 8 nitrogen and oxygen atoms in total. The van der Waals surface area contributed by atoms with Crippen LogP contribution in [0.5, 0.6) is 0 Å². The molecule has 2 amide bonds. The molecule has 0 fully saturated rings. The first-order valence-electron chi connectivity index (χ1n) is 13.4. The van der Waals surface area contributed by atoms with Gasteiger partial charge in [0, 0.05) is 30.7 Å². The fourth-order valence-corrected chi connectivity index (χ4v) is 5.31. The second kappa shape index (κ2) is 12.1. The van der Waals surface area contributed by atoms with Crippen molar-refractivity contribution in [3.63, 3.8) is 0 Å². The molecule has 0 saturated carbocycles. The number of nitrogens with zero attached hydrogens (tertiary/aromatic N) is 4. The Morgan fingerprint density at radius 3 is 2.28 bits per heavy atom. The Kier molecular flexibility index (Phi) is 8.53. The summed E-state index contributed by atoms with van der Waals surface area (Å²) < 4.78 is 129. The van der Waals surface area contributed by atoms with Gasteiger partial charge in [-0.15, -0.1) is 0 Å². The van der Waals surface area contributed by atoms with E-state index in [1.54, 1.807) is 0 Å². The van der Waals surface area contributed by atoms with E-state index in [1.807, 2.05) is 0 Å². The van der Waals surface area contributed by atoms with Crippen molar-refractivity contribution in [3.8, 4) is 11.1 Å². The van der Waals surface area contributed by atoms with Gasteiger partial charge in [0.25, 0.3) is 24.2 Å². The molecule has 242 valence electrons. The van der Waals surface area contributed by atoms with Crippen LogP contribution in [-0.4, -0.2) is 31.6 Å². The number of hydrogen-bond donors (Lipinski definition) is 2. The standard InChI is InChI=1S/C29H21F9N6O2/c30-15-5-13(6-16(31)9-15)7-20(23-18(10-40-12-41-23)14-1-2-19(32)17(8-14)27(39)46)42-21(45)11-44-25-22(24(43-44)26(33)34)28(35,36)3-4-29(25,37)38/h1-2,5-6,8-10,12,20,26H,3-4,7,11H2,(H2,39,46)(H,42,45). The van der Waals surface area contributed by atoms with Crippen LogP contribution in [0.3, 0.4) is 0 Å². The van der Waals surface area contributed by atoms with E-state index in [4.69, 9.17) is 5.73 Å². The van der Waals surface area contributed by atoms with E-state index in [9.17, 15) is 49.1 Å². The summed E-state index contributed by atoms with van der Waals surface area (Å²) in [7, 11) is 0. The third-order valence-corrected chi connectivity index (χ3v) is 7.26. The predicted octanol–water partition coefficient (Wildman–Crippen LogP) is 5.87. The number of fused-ring (bicyclic) bond motifs is 1. The van der Waals surface area contributed by atoms with E-state index in [0.717, 1.165) is 30.6 Å². The van der Waals surface area contributed by atoms with E-state index in [0.29, 0.717) is 6.07 Å². The van der Waals surface area contributed by atoms with Crippen LogP contribution in [0.25, 0.3) is 11.1 Å². The van der Waals surface area contributed by atoms with Gasteiger partial charge in [-0.3, -0.25) is 14.3 Å². The molecule has 2 aromatic carbocycles. The number of carbonyl (C=O) groups excluding carboxylic acids is 2. The smallest absolute Gasteiger partial charge is 0.290 e. The minimum absolute atomic E-state index is 0.0353. The topological polar surface area (TPSA) is 116 Å². The number of hydrogen-bond acceptors (Lipinski definition) is 5. The lowest BCUT2D eigenvalue weighted by atomic mass is 9.89.